The van der Waals surface area contributed by atoms with Crippen molar-refractivity contribution in [1.82, 2.24) is 20.1 Å². The molecule has 3 N–H and O–H groups in total. The number of aryl methyl sites for hydroxylation is 2. The maximum atomic E-state index is 11.4. The van der Waals surface area contributed by atoms with Gasteiger partial charge in [-0.3, -0.25) is 4.68 Å². The largest absolute Gasteiger partial charge is 0.478 e. The van der Waals surface area contributed by atoms with E-state index in [9.17, 15) is 9.90 Å². The second-order valence-electron chi connectivity index (χ2n) is 5.33. The number of likely N-dealkylation sites (N-methyl/N-ethyl adjacent to an activating group) is 1. The fourth-order valence-electron chi connectivity index (χ4n) is 2.90. The Morgan fingerprint density at radius 2 is 2.38 bits per heavy atom. The Bertz CT molecular complexity index is 657. The fourth-order valence-corrected chi connectivity index (χ4v) is 2.90. The Morgan fingerprint density at radius 3 is 3.14 bits per heavy atom. The van der Waals surface area contributed by atoms with Gasteiger partial charge in [0, 0.05) is 30.2 Å². The molecule has 112 valence electrons. The third-order valence-corrected chi connectivity index (χ3v) is 3.91. The zero-order valence-corrected chi connectivity index (χ0v) is 12.1. The molecule has 0 bridgehead atoms. The monoisotopic (exact) mass is 288 g/mol. The van der Waals surface area contributed by atoms with Crippen LogP contribution in [-0.2, 0) is 19.4 Å². The van der Waals surface area contributed by atoms with Crippen LogP contribution in [0.5, 0.6) is 0 Å². The van der Waals surface area contributed by atoms with Gasteiger partial charge in [0.2, 0.25) is 0 Å². The van der Waals surface area contributed by atoms with Crippen LogP contribution in [0.4, 0.5) is 0 Å². The van der Waals surface area contributed by atoms with Crippen molar-refractivity contribution in [1.29, 1.82) is 0 Å². The van der Waals surface area contributed by atoms with Gasteiger partial charge < -0.3 is 15.4 Å². The van der Waals surface area contributed by atoms with Gasteiger partial charge in [-0.2, -0.15) is 5.10 Å². The Kier molecular flexibility index (Phi) is 3.79. The number of rotatable bonds is 5. The number of carboxylic acid groups (broad SMARTS) is 1. The van der Waals surface area contributed by atoms with Crippen molar-refractivity contribution in [2.24, 2.45) is 0 Å². The van der Waals surface area contributed by atoms with E-state index in [4.69, 9.17) is 0 Å². The van der Waals surface area contributed by atoms with Crippen molar-refractivity contribution in [2.45, 2.75) is 32.7 Å². The number of nitrogens with zero attached hydrogens (tertiary/aromatic N) is 2. The van der Waals surface area contributed by atoms with Gasteiger partial charge in [0.05, 0.1) is 17.8 Å². The summed E-state index contributed by atoms with van der Waals surface area (Å²) >= 11 is 0. The summed E-state index contributed by atoms with van der Waals surface area (Å²) < 4.78 is 1.92. The molecule has 0 spiro atoms. The van der Waals surface area contributed by atoms with E-state index in [0.717, 1.165) is 61.4 Å². The number of hydrogen-bond acceptors (Lipinski definition) is 3. The van der Waals surface area contributed by atoms with Crippen LogP contribution in [0.25, 0.3) is 11.3 Å². The first-order valence-electron chi connectivity index (χ1n) is 7.41. The van der Waals surface area contributed by atoms with Crippen LogP contribution in [-0.4, -0.2) is 38.9 Å². The second kappa shape index (κ2) is 5.73. The lowest BCUT2D eigenvalue weighted by Crippen LogP contribution is -2.19. The molecule has 0 aromatic carbocycles. The van der Waals surface area contributed by atoms with Crippen LogP contribution in [0.1, 0.15) is 35.0 Å². The van der Waals surface area contributed by atoms with Gasteiger partial charge in [-0.25, -0.2) is 4.79 Å². The summed E-state index contributed by atoms with van der Waals surface area (Å²) in [6.07, 6.45) is 6.47. The summed E-state index contributed by atoms with van der Waals surface area (Å²) in [5.74, 6) is -0.900. The predicted molar refractivity (Wildman–Crippen MR) is 79.5 cm³/mol. The maximum Gasteiger partial charge on any atom is 0.337 e. The number of hydrogen-bond donors (Lipinski definition) is 3. The van der Waals surface area contributed by atoms with Crippen LogP contribution in [0.3, 0.4) is 0 Å². The molecule has 2 aromatic rings. The standard InChI is InChI=1S/C15H20N4O2/c1-2-16-6-7-19-9-10-4-3-5-12-13(14(10)18-19)11(8-17-12)15(20)21/h8-9,16-17H,2-7H2,1H3,(H,20,21). The van der Waals surface area contributed by atoms with Crippen LogP contribution in [0.2, 0.25) is 0 Å². The summed E-state index contributed by atoms with van der Waals surface area (Å²) in [5.41, 5.74) is 4.07. The summed E-state index contributed by atoms with van der Waals surface area (Å²) in [5, 5.41) is 17.3. The molecule has 2 heterocycles. The van der Waals surface area contributed by atoms with E-state index in [2.05, 4.69) is 28.5 Å². The van der Waals surface area contributed by atoms with Gasteiger partial charge in [-0.15, -0.1) is 0 Å². The molecule has 1 aliphatic carbocycles. The Morgan fingerprint density at radius 1 is 1.52 bits per heavy atom. The second-order valence-corrected chi connectivity index (χ2v) is 5.33. The number of nitrogens with one attached hydrogen (secondary N) is 2. The third kappa shape index (κ3) is 2.58. The van der Waals surface area contributed by atoms with Crippen molar-refractivity contribution in [3.05, 3.63) is 29.2 Å². The van der Waals surface area contributed by atoms with Gasteiger partial charge in [0.1, 0.15) is 0 Å². The molecule has 21 heavy (non-hydrogen) atoms. The zero-order valence-electron chi connectivity index (χ0n) is 12.1. The van der Waals surface area contributed by atoms with Gasteiger partial charge in [-0.1, -0.05) is 6.92 Å². The summed E-state index contributed by atoms with van der Waals surface area (Å²) in [7, 11) is 0. The molecule has 0 aliphatic heterocycles. The number of fused-ring (bicyclic) bond motifs is 3. The molecule has 6 nitrogen and oxygen atoms in total. The first-order chi connectivity index (χ1) is 10.2. The Balaban J connectivity index is 1.98. The molecule has 2 aromatic heterocycles. The first-order valence-corrected chi connectivity index (χ1v) is 7.41. The Hall–Kier alpha value is -2.08. The van der Waals surface area contributed by atoms with Gasteiger partial charge >= 0.3 is 5.97 Å². The molecule has 1 aliphatic rings. The molecule has 0 amide bonds. The maximum absolute atomic E-state index is 11.4. The molecule has 6 heteroatoms. The van der Waals surface area contributed by atoms with Crippen LogP contribution in [0.15, 0.2) is 12.4 Å². The van der Waals surface area contributed by atoms with Crippen molar-refractivity contribution >= 4 is 5.97 Å². The SMILES string of the molecule is CCNCCn1cc2c(n1)-c1c(C(=O)O)c[nH]c1CCC2. The highest BCUT2D eigenvalue weighted by atomic mass is 16.4. The lowest BCUT2D eigenvalue weighted by atomic mass is 10.1. The minimum Gasteiger partial charge on any atom is -0.478 e. The lowest BCUT2D eigenvalue weighted by Gasteiger charge is -2.03. The van der Waals surface area contributed by atoms with Crippen LogP contribution in [0, 0.1) is 0 Å². The van der Waals surface area contributed by atoms with Gasteiger partial charge in [-0.05, 0) is 31.4 Å². The van der Waals surface area contributed by atoms with E-state index in [-0.39, 0.29) is 0 Å². The molecular weight excluding hydrogens is 268 g/mol. The highest BCUT2D eigenvalue weighted by Gasteiger charge is 2.25. The van der Waals surface area contributed by atoms with E-state index < -0.39 is 5.97 Å². The number of aromatic amines is 1. The van der Waals surface area contributed by atoms with Crippen LogP contribution < -0.4 is 5.32 Å². The molecular formula is C15H20N4O2. The van der Waals surface area contributed by atoms with Crippen molar-refractivity contribution < 1.29 is 9.90 Å². The lowest BCUT2D eigenvalue weighted by molar-refractivity contribution is 0.0698. The minimum atomic E-state index is -0.900. The van der Waals surface area contributed by atoms with Crippen molar-refractivity contribution in [2.75, 3.05) is 13.1 Å². The quantitative estimate of drug-likeness (QED) is 0.731. The molecule has 0 fully saturated rings. The first kappa shape index (κ1) is 13.9. The highest BCUT2D eigenvalue weighted by Crippen LogP contribution is 2.33. The van der Waals surface area contributed by atoms with E-state index in [1.165, 1.54) is 0 Å². The normalized spacial score (nSPS) is 13.6. The molecule has 0 unspecified atom stereocenters. The fraction of sp³-hybridized carbons (Fsp3) is 0.467. The van der Waals surface area contributed by atoms with Gasteiger partial charge in [0.15, 0.2) is 0 Å². The third-order valence-electron chi connectivity index (χ3n) is 3.91. The molecule has 3 rings (SSSR count). The zero-order chi connectivity index (χ0) is 14.8. The topological polar surface area (TPSA) is 82.9 Å². The minimum absolute atomic E-state index is 0.324. The van der Waals surface area contributed by atoms with E-state index in [1.54, 1.807) is 6.20 Å². The smallest absolute Gasteiger partial charge is 0.337 e. The molecule has 0 saturated carbocycles. The predicted octanol–water partition coefficient (Wildman–Crippen LogP) is 1.67. The molecule has 0 atom stereocenters. The average Bonchev–Trinajstić information content (AvgIpc) is 3.00. The summed E-state index contributed by atoms with van der Waals surface area (Å²) in [6, 6.07) is 0. The summed E-state index contributed by atoms with van der Waals surface area (Å²) in [6.45, 7) is 4.67. The average molecular weight is 288 g/mol. The van der Waals surface area contributed by atoms with Crippen LogP contribution >= 0.6 is 0 Å². The van der Waals surface area contributed by atoms with E-state index >= 15 is 0 Å². The summed E-state index contributed by atoms with van der Waals surface area (Å²) in [4.78, 5) is 14.5. The van der Waals surface area contributed by atoms with E-state index in [1.807, 2.05) is 4.68 Å². The number of aromatic nitrogens is 3. The molecule has 0 radical (unpaired) electrons. The highest BCUT2D eigenvalue weighted by molar-refractivity contribution is 5.96. The number of carboxylic acids is 1. The number of carbonyl (C=O) groups is 1. The van der Waals surface area contributed by atoms with Gasteiger partial charge in [0.25, 0.3) is 0 Å². The Labute approximate surface area is 123 Å². The van der Waals surface area contributed by atoms with Crippen molar-refractivity contribution in [3.8, 4) is 11.3 Å². The van der Waals surface area contributed by atoms with Crippen molar-refractivity contribution in [3.63, 3.8) is 0 Å². The van der Waals surface area contributed by atoms with E-state index in [0.29, 0.717) is 5.56 Å². The number of H-pyrrole nitrogens is 1. The molecule has 0 saturated heterocycles. The number of aromatic carboxylic acids is 1.